The Balaban J connectivity index is 1.94. The van der Waals surface area contributed by atoms with Crippen LogP contribution in [0.4, 0.5) is 10.5 Å². The highest BCUT2D eigenvalue weighted by molar-refractivity contribution is 9.10. The minimum Gasteiger partial charge on any atom is -0.481 e. The van der Waals surface area contributed by atoms with Crippen molar-refractivity contribution in [2.24, 2.45) is 0 Å². The third-order valence-corrected chi connectivity index (χ3v) is 4.75. The van der Waals surface area contributed by atoms with Gasteiger partial charge in [-0.2, -0.15) is 0 Å². The molecular weight excluding hydrogens is 468 g/mol. The number of rotatable bonds is 5. The van der Waals surface area contributed by atoms with E-state index >= 15 is 0 Å². The molecule has 1 fully saturated rings. The molecule has 4 amide bonds. The Bertz CT molecular complexity index is 1070. The van der Waals surface area contributed by atoms with Gasteiger partial charge in [0.05, 0.1) is 15.2 Å². The molecule has 1 aliphatic heterocycles. The number of carboxylic acids is 1. The van der Waals surface area contributed by atoms with Gasteiger partial charge in [-0.3, -0.25) is 14.9 Å². The molecule has 0 atom stereocenters. The molecule has 2 aromatic rings. The molecular formula is C19H12BrClN2O6. The van der Waals surface area contributed by atoms with Gasteiger partial charge in [0.15, 0.2) is 6.61 Å². The number of nitrogens with zero attached hydrogens (tertiary/aromatic N) is 1. The maximum atomic E-state index is 12.8. The average Bonchev–Trinajstić information content (AvgIpc) is 2.65. The van der Waals surface area contributed by atoms with Crippen LogP contribution in [-0.2, 0) is 14.4 Å². The highest BCUT2D eigenvalue weighted by atomic mass is 79.9. The second kappa shape index (κ2) is 8.46. The smallest absolute Gasteiger partial charge is 0.341 e. The van der Waals surface area contributed by atoms with Crippen molar-refractivity contribution < 1.29 is 29.0 Å². The number of nitrogens with one attached hydrogen (secondary N) is 1. The maximum absolute atomic E-state index is 12.8. The molecule has 0 saturated carbocycles. The number of amides is 4. The van der Waals surface area contributed by atoms with Gasteiger partial charge in [-0.15, -0.1) is 0 Å². The Morgan fingerprint density at radius 2 is 1.93 bits per heavy atom. The van der Waals surface area contributed by atoms with E-state index in [1.165, 1.54) is 30.3 Å². The first-order valence-corrected chi connectivity index (χ1v) is 9.25. The number of urea groups is 1. The van der Waals surface area contributed by atoms with Crippen molar-refractivity contribution in [1.29, 1.82) is 0 Å². The van der Waals surface area contributed by atoms with Gasteiger partial charge in [-0.05, 0) is 51.8 Å². The SMILES string of the molecule is O=C(O)COc1ccc(/C=C2\C(=O)NC(=O)N(c3ccccc3Cl)C2=O)cc1Br. The number of carboxylic acid groups (broad SMARTS) is 1. The lowest BCUT2D eigenvalue weighted by atomic mass is 10.1. The van der Waals surface area contributed by atoms with Gasteiger partial charge in [0.1, 0.15) is 11.3 Å². The molecule has 3 rings (SSSR count). The number of carbonyl (C=O) groups is 4. The van der Waals surface area contributed by atoms with Gasteiger partial charge >= 0.3 is 12.0 Å². The summed E-state index contributed by atoms with van der Waals surface area (Å²) >= 11 is 9.33. The van der Waals surface area contributed by atoms with Crippen LogP contribution < -0.4 is 15.0 Å². The Kier molecular flexibility index (Phi) is 6.00. The molecule has 0 aliphatic carbocycles. The van der Waals surface area contributed by atoms with Gasteiger partial charge < -0.3 is 9.84 Å². The number of ether oxygens (including phenoxy) is 1. The number of barbiturate groups is 1. The Labute approximate surface area is 177 Å². The third kappa shape index (κ3) is 4.47. The molecule has 148 valence electrons. The van der Waals surface area contributed by atoms with Crippen LogP contribution in [0.25, 0.3) is 6.08 Å². The monoisotopic (exact) mass is 478 g/mol. The lowest BCUT2D eigenvalue weighted by molar-refractivity contribution is -0.139. The van der Waals surface area contributed by atoms with Crippen LogP contribution >= 0.6 is 27.5 Å². The normalized spacial score (nSPS) is 15.4. The molecule has 10 heteroatoms. The molecule has 2 N–H and O–H groups in total. The van der Waals surface area contributed by atoms with Crippen LogP contribution in [-0.4, -0.2) is 35.5 Å². The number of carbonyl (C=O) groups excluding carboxylic acids is 3. The van der Waals surface area contributed by atoms with E-state index in [1.807, 2.05) is 0 Å². The second-order valence-corrected chi connectivity index (χ2v) is 7.04. The van der Waals surface area contributed by atoms with E-state index in [1.54, 1.807) is 18.2 Å². The first-order valence-electron chi connectivity index (χ1n) is 8.08. The Hall–Kier alpha value is -3.17. The van der Waals surface area contributed by atoms with Crippen molar-refractivity contribution >= 4 is 63.1 Å². The number of anilines is 1. The van der Waals surface area contributed by atoms with Crippen molar-refractivity contribution in [2.45, 2.75) is 0 Å². The zero-order valence-electron chi connectivity index (χ0n) is 14.5. The second-order valence-electron chi connectivity index (χ2n) is 5.78. The third-order valence-electron chi connectivity index (χ3n) is 3.81. The first kappa shape index (κ1) is 20.6. The molecule has 1 aliphatic rings. The summed E-state index contributed by atoms with van der Waals surface area (Å²) in [6, 6.07) is 9.92. The van der Waals surface area contributed by atoms with Crippen molar-refractivity contribution in [3.63, 3.8) is 0 Å². The summed E-state index contributed by atoms with van der Waals surface area (Å²) in [5, 5.41) is 11.0. The fourth-order valence-corrected chi connectivity index (χ4v) is 3.27. The quantitative estimate of drug-likeness (QED) is 0.503. The predicted molar refractivity (Wildman–Crippen MR) is 108 cm³/mol. The van der Waals surface area contributed by atoms with E-state index in [9.17, 15) is 19.2 Å². The van der Waals surface area contributed by atoms with Crippen molar-refractivity contribution in [3.05, 3.63) is 63.1 Å². The highest BCUT2D eigenvalue weighted by Gasteiger charge is 2.37. The lowest BCUT2D eigenvalue weighted by Crippen LogP contribution is -2.54. The van der Waals surface area contributed by atoms with Gasteiger partial charge in [0.2, 0.25) is 0 Å². The molecule has 0 aromatic heterocycles. The van der Waals surface area contributed by atoms with Crippen LogP contribution in [0.3, 0.4) is 0 Å². The number of imide groups is 2. The Morgan fingerprint density at radius 1 is 1.21 bits per heavy atom. The maximum Gasteiger partial charge on any atom is 0.341 e. The van der Waals surface area contributed by atoms with Gasteiger partial charge in [0.25, 0.3) is 11.8 Å². The van der Waals surface area contributed by atoms with Crippen molar-refractivity contribution in [2.75, 3.05) is 11.5 Å². The van der Waals surface area contributed by atoms with Crippen molar-refractivity contribution in [3.8, 4) is 5.75 Å². The van der Waals surface area contributed by atoms with Crippen LogP contribution in [0.1, 0.15) is 5.56 Å². The summed E-state index contributed by atoms with van der Waals surface area (Å²) in [6.45, 7) is -0.519. The molecule has 29 heavy (non-hydrogen) atoms. The minimum absolute atomic E-state index is 0.147. The summed E-state index contributed by atoms with van der Waals surface area (Å²) in [5.74, 6) is -2.52. The highest BCUT2D eigenvalue weighted by Crippen LogP contribution is 2.30. The Morgan fingerprint density at radius 3 is 2.59 bits per heavy atom. The molecule has 1 heterocycles. The predicted octanol–water partition coefficient (Wildman–Crippen LogP) is 3.23. The van der Waals surface area contributed by atoms with Gasteiger partial charge in [-0.25, -0.2) is 14.5 Å². The summed E-state index contributed by atoms with van der Waals surface area (Å²) in [4.78, 5) is 48.7. The van der Waals surface area contributed by atoms with E-state index in [2.05, 4.69) is 21.2 Å². The van der Waals surface area contributed by atoms with Gasteiger partial charge in [0, 0.05) is 0 Å². The summed E-state index contributed by atoms with van der Waals surface area (Å²) in [7, 11) is 0. The lowest BCUT2D eigenvalue weighted by Gasteiger charge is -2.27. The summed E-state index contributed by atoms with van der Waals surface area (Å²) in [5.41, 5.74) is 0.329. The number of hydrogen-bond acceptors (Lipinski definition) is 5. The molecule has 0 spiro atoms. The van der Waals surface area contributed by atoms with Crippen molar-refractivity contribution in [1.82, 2.24) is 5.32 Å². The minimum atomic E-state index is -1.13. The molecule has 8 nitrogen and oxygen atoms in total. The zero-order chi connectivity index (χ0) is 21.1. The number of hydrogen-bond donors (Lipinski definition) is 2. The number of benzene rings is 2. The van der Waals surface area contributed by atoms with Gasteiger partial charge in [-0.1, -0.05) is 29.8 Å². The standard InChI is InChI=1S/C19H12BrClN2O6/c20-12-8-10(5-6-15(12)29-9-16(24)25)7-11-17(26)22-19(28)23(18(11)27)14-4-2-1-3-13(14)21/h1-8H,9H2,(H,24,25)(H,22,26,28)/b11-7+. The largest absolute Gasteiger partial charge is 0.481 e. The molecule has 0 unspecified atom stereocenters. The van der Waals surface area contributed by atoms with Crippen LogP contribution in [0, 0.1) is 0 Å². The van der Waals surface area contributed by atoms with E-state index in [-0.39, 0.29) is 22.0 Å². The molecule has 0 bridgehead atoms. The van der Waals surface area contributed by atoms with E-state index < -0.39 is 30.4 Å². The topological polar surface area (TPSA) is 113 Å². The molecule has 1 saturated heterocycles. The van der Waals surface area contributed by atoms with Crippen LogP contribution in [0.5, 0.6) is 5.75 Å². The fraction of sp³-hybridized carbons (Fsp3) is 0.0526. The number of para-hydroxylation sites is 1. The number of aliphatic carboxylic acids is 1. The van der Waals surface area contributed by atoms with Crippen LogP contribution in [0.15, 0.2) is 52.5 Å². The van der Waals surface area contributed by atoms with E-state index in [0.717, 1.165) is 4.90 Å². The fourth-order valence-electron chi connectivity index (χ4n) is 2.54. The number of halogens is 2. The van der Waals surface area contributed by atoms with E-state index in [4.69, 9.17) is 21.4 Å². The average molecular weight is 480 g/mol. The summed E-state index contributed by atoms with van der Waals surface area (Å²) in [6.07, 6.45) is 1.31. The summed E-state index contributed by atoms with van der Waals surface area (Å²) < 4.78 is 5.53. The zero-order valence-corrected chi connectivity index (χ0v) is 16.9. The first-order chi connectivity index (χ1) is 13.8. The van der Waals surface area contributed by atoms with Crippen LogP contribution in [0.2, 0.25) is 5.02 Å². The van der Waals surface area contributed by atoms with E-state index in [0.29, 0.717) is 10.0 Å². The molecule has 2 aromatic carbocycles. The molecule has 0 radical (unpaired) electrons.